The summed E-state index contributed by atoms with van der Waals surface area (Å²) in [7, 11) is 0. The number of benzene rings is 3. The molecule has 0 saturated heterocycles. The largest absolute Gasteiger partial charge is 0.322 e. The van der Waals surface area contributed by atoms with Gasteiger partial charge in [-0.15, -0.1) is 11.3 Å². The van der Waals surface area contributed by atoms with Crippen LogP contribution in [0.1, 0.15) is 21.5 Å². The smallest absolute Gasteiger partial charge is 0.259 e. The standard InChI is InChI=1S/C26H22N2O2S/c1-18-10-8-9-15-22(18)27-25(30)24-21(20-13-6-3-7-14-20)17-31-26(24)28-23(29)16-19-11-4-2-5-12-19/h2-15,17H,16H2,1H3,(H,27,30)(H,28,29). The molecular formula is C26H22N2O2S. The fraction of sp³-hybridized carbons (Fsp3) is 0.0769. The van der Waals surface area contributed by atoms with Gasteiger partial charge in [-0.3, -0.25) is 9.59 Å². The molecule has 4 nitrogen and oxygen atoms in total. The van der Waals surface area contributed by atoms with Gasteiger partial charge in [0.1, 0.15) is 5.00 Å². The number of amides is 2. The molecule has 0 fully saturated rings. The Labute approximate surface area is 185 Å². The third-order valence-corrected chi connectivity index (χ3v) is 5.85. The topological polar surface area (TPSA) is 58.2 Å². The molecule has 1 aromatic heterocycles. The molecule has 0 aliphatic heterocycles. The second kappa shape index (κ2) is 9.41. The minimum atomic E-state index is -0.246. The Kier molecular flexibility index (Phi) is 6.24. The van der Waals surface area contributed by atoms with E-state index in [1.807, 2.05) is 97.2 Å². The Bertz CT molecular complexity index is 1200. The summed E-state index contributed by atoms with van der Waals surface area (Å²) in [4.78, 5) is 26.0. The Morgan fingerprint density at radius 1 is 0.806 bits per heavy atom. The Balaban J connectivity index is 1.65. The summed E-state index contributed by atoms with van der Waals surface area (Å²) >= 11 is 1.36. The van der Waals surface area contributed by atoms with Crippen LogP contribution in [-0.4, -0.2) is 11.8 Å². The number of carbonyl (C=O) groups excluding carboxylic acids is 2. The van der Waals surface area contributed by atoms with Gasteiger partial charge < -0.3 is 10.6 Å². The van der Waals surface area contributed by atoms with Crippen molar-refractivity contribution in [3.05, 3.63) is 107 Å². The van der Waals surface area contributed by atoms with Crippen molar-refractivity contribution >= 4 is 33.8 Å². The predicted molar refractivity (Wildman–Crippen MR) is 128 cm³/mol. The molecule has 1 heterocycles. The first-order chi connectivity index (χ1) is 15.1. The molecule has 31 heavy (non-hydrogen) atoms. The van der Waals surface area contributed by atoms with E-state index in [2.05, 4.69) is 10.6 Å². The summed E-state index contributed by atoms with van der Waals surface area (Å²) in [6.45, 7) is 1.95. The van der Waals surface area contributed by atoms with Crippen LogP contribution in [0, 0.1) is 6.92 Å². The van der Waals surface area contributed by atoms with Gasteiger partial charge in [-0.2, -0.15) is 0 Å². The fourth-order valence-corrected chi connectivity index (χ4v) is 4.34. The second-order valence-corrected chi connectivity index (χ2v) is 8.08. The Morgan fingerprint density at radius 2 is 1.45 bits per heavy atom. The zero-order chi connectivity index (χ0) is 21.6. The number of carbonyl (C=O) groups is 2. The van der Waals surface area contributed by atoms with Crippen molar-refractivity contribution in [2.45, 2.75) is 13.3 Å². The molecule has 0 aliphatic rings. The van der Waals surface area contributed by atoms with Crippen LogP contribution in [-0.2, 0) is 11.2 Å². The lowest BCUT2D eigenvalue weighted by molar-refractivity contribution is -0.115. The van der Waals surface area contributed by atoms with Crippen molar-refractivity contribution in [3.63, 3.8) is 0 Å². The van der Waals surface area contributed by atoms with Gasteiger partial charge in [0.2, 0.25) is 5.91 Å². The van der Waals surface area contributed by atoms with E-state index in [0.29, 0.717) is 10.6 Å². The maximum Gasteiger partial charge on any atom is 0.259 e. The van der Waals surface area contributed by atoms with E-state index in [0.717, 1.165) is 27.9 Å². The highest BCUT2D eigenvalue weighted by Crippen LogP contribution is 2.36. The molecule has 4 aromatic rings. The third-order valence-electron chi connectivity index (χ3n) is 4.96. The minimum absolute atomic E-state index is 0.155. The van der Waals surface area contributed by atoms with E-state index in [-0.39, 0.29) is 18.2 Å². The van der Waals surface area contributed by atoms with E-state index in [9.17, 15) is 9.59 Å². The Hall–Kier alpha value is -3.70. The van der Waals surface area contributed by atoms with Gasteiger partial charge in [-0.25, -0.2) is 0 Å². The quantitative estimate of drug-likeness (QED) is 0.388. The first-order valence-corrected chi connectivity index (χ1v) is 10.9. The molecule has 0 aliphatic carbocycles. The molecule has 5 heteroatoms. The van der Waals surface area contributed by atoms with Crippen LogP contribution in [0.25, 0.3) is 11.1 Å². The number of thiophene rings is 1. The van der Waals surface area contributed by atoms with Crippen LogP contribution in [0.3, 0.4) is 0 Å². The lowest BCUT2D eigenvalue weighted by atomic mass is 10.0. The molecular weight excluding hydrogens is 404 g/mol. The minimum Gasteiger partial charge on any atom is -0.322 e. The van der Waals surface area contributed by atoms with E-state index >= 15 is 0 Å². The van der Waals surface area contributed by atoms with E-state index in [4.69, 9.17) is 0 Å². The van der Waals surface area contributed by atoms with Gasteiger partial charge in [0.25, 0.3) is 5.91 Å². The van der Waals surface area contributed by atoms with Gasteiger partial charge in [-0.05, 0) is 29.7 Å². The molecule has 154 valence electrons. The first kappa shape index (κ1) is 20.6. The SMILES string of the molecule is Cc1ccccc1NC(=O)c1c(-c2ccccc2)csc1NC(=O)Cc1ccccc1. The highest BCUT2D eigenvalue weighted by Gasteiger charge is 2.22. The summed E-state index contributed by atoms with van der Waals surface area (Å²) in [6, 6.07) is 26.9. The van der Waals surface area contributed by atoms with Crippen LogP contribution in [0.4, 0.5) is 10.7 Å². The lowest BCUT2D eigenvalue weighted by Gasteiger charge is -2.12. The monoisotopic (exact) mass is 426 g/mol. The molecule has 4 rings (SSSR count). The van der Waals surface area contributed by atoms with Crippen LogP contribution in [0.5, 0.6) is 0 Å². The van der Waals surface area contributed by atoms with Crippen molar-refractivity contribution in [2.75, 3.05) is 10.6 Å². The number of anilines is 2. The molecule has 0 saturated carbocycles. The van der Waals surface area contributed by atoms with Crippen molar-refractivity contribution < 1.29 is 9.59 Å². The molecule has 0 radical (unpaired) electrons. The molecule has 2 amide bonds. The van der Waals surface area contributed by atoms with Crippen LogP contribution in [0.2, 0.25) is 0 Å². The normalized spacial score (nSPS) is 10.5. The van der Waals surface area contributed by atoms with Gasteiger partial charge in [0.05, 0.1) is 12.0 Å². The predicted octanol–water partition coefficient (Wildman–Crippen LogP) is 6.16. The number of hydrogen-bond acceptors (Lipinski definition) is 3. The average Bonchev–Trinajstić information content (AvgIpc) is 3.20. The molecule has 3 aromatic carbocycles. The lowest BCUT2D eigenvalue weighted by Crippen LogP contribution is -2.18. The third kappa shape index (κ3) is 4.90. The van der Waals surface area contributed by atoms with Crippen molar-refractivity contribution in [3.8, 4) is 11.1 Å². The van der Waals surface area contributed by atoms with Gasteiger partial charge in [-0.1, -0.05) is 78.9 Å². The molecule has 0 unspecified atom stereocenters. The number of nitrogens with one attached hydrogen (secondary N) is 2. The number of para-hydroxylation sites is 1. The molecule has 2 N–H and O–H groups in total. The van der Waals surface area contributed by atoms with E-state index in [1.165, 1.54) is 11.3 Å². The molecule has 0 bridgehead atoms. The fourth-order valence-electron chi connectivity index (χ4n) is 3.36. The summed E-state index contributed by atoms with van der Waals surface area (Å²) in [6.07, 6.45) is 0.248. The van der Waals surface area contributed by atoms with E-state index in [1.54, 1.807) is 0 Å². The second-order valence-electron chi connectivity index (χ2n) is 7.20. The summed E-state index contributed by atoms with van der Waals surface area (Å²) in [5.74, 6) is -0.401. The summed E-state index contributed by atoms with van der Waals surface area (Å²) in [5.41, 5.74) is 4.84. The molecule has 0 spiro atoms. The first-order valence-electron chi connectivity index (χ1n) is 9.99. The Morgan fingerprint density at radius 3 is 2.16 bits per heavy atom. The van der Waals surface area contributed by atoms with Gasteiger partial charge >= 0.3 is 0 Å². The molecule has 0 atom stereocenters. The van der Waals surface area contributed by atoms with Gasteiger partial charge in [0, 0.05) is 16.6 Å². The van der Waals surface area contributed by atoms with Crippen molar-refractivity contribution in [2.24, 2.45) is 0 Å². The zero-order valence-corrected chi connectivity index (χ0v) is 17.9. The number of rotatable bonds is 6. The summed E-state index contributed by atoms with van der Waals surface area (Å²) < 4.78 is 0. The highest BCUT2D eigenvalue weighted by atomic mass is 32.1. The average molecular weight is 427 g/mol. The van der Waals surface area contributed by atoms with Crippen LogP contribution < -0.4 is 10.6 Å². The zero-order valence-electron chi connectivity index (χ0n) is 17.1. The highest BCUT2D eigenvalue weighted by molar-refractivity contribution is 7.15. The van der Waals surface area contributed by atoms with Crippen LogP contribution >= 0.6 is 11.3 Å². The number of hydrogen-bond donors (Lipinski definition) is 2. The van der Waals surface area contributed by atoms with Gasteiger partial charge in [0.15, 0.2) is 0 Å². The maximum atomic E-state index is 13.3. The van der Waals surface area contributed by atoms with Crippen LogP contribution in [0.15, 0.2) is 90.3 Å². The maximum absolute atomic E-state index is 13.3. The van der Waals surface area contributed by atoms with E-state index < -0.39 is 0 Å². The van der Waals surface area contributed by atoms with Crippen molar-refractivity contribution in [1.82, 2.24) is 0 Å². The van der Waals surface area contributed by atoms with Crippen molar-refractivity contribution in [1.29, 1.82) is 0 Å². The number of aryl methyl sites for hydroxylation is 1. The summed E-state index contributed by atoms with van der Waals surface area (Å²) in [5, 5.41) is 8.42.